The second-order valence-corrected chi connectivity index (χ2v) is 7.58. The van der Waals surface area contributed by atoms with Crippen LogP contribution >= 0.6 is 0 Å². The van der Waals surface area contributed by atoms with Crippen LogP contribution in [0.1, 0.15) is 77.6 Å². The van der Waals surface area contributed by atoms with Crippen LogP contribution in [0.4, 0.5) is 0 Å². The predicted octanol–water partition coefficient (Wildman–Crippen LogP) is 4.01. The maximum atomic E-state index is 11.2. The Bertz CT molecular complexity index is 583. The molecule has 1 rings (SSSR count). The van der Waals surface area contributed by atoms with Gasteiger partial charge in [0.1, 0.15) is 5.78 Å². The molecule has 1 saturated carbocycles. The monoisotopic (exact) mass is 388 g/mol. The van der Waals surface area contributed by atoms with Crippen molar-refractivity contribution < 1.29 is 20.1 Å². The summed E-state index contributed by atoms with van der Waals surface area (Å²) in [6.45, 7) is 1.82. The van der Waals surface area contributed by atoms with Gasteiger partial charge in [0.15, 0.2) is 0 Å². The fourth-order valence-electron chi connectivity index (χ4n) is 3.24. The highest BCUT2D eigenvalue weighted by Gasteiger charge is 2.23. The minimum absolute atomic E-state index is 0.175. The molecule has 1 aliphatic carbocycles. The molecular weight excluding hydrogens is 352 g/mol. The number of aliphatic hydroxyl groups excluding tert-OH is 2. The Morgan fingerprint density at radius 2 is 1.68 bits per heavy atom. The van der Waals surface area contributed by atoms with E-state index in [2.05, 4.69) is 11.8 Å². The number of allylic oxidation sites excluding steroid dienone is 4. The van der Waals surface area contributed by atoms with Crippen LogP contribution in [0, 0.1) is 11.8 Å². The average Bonchev–Trinajstić information content (AvgIpc) is 2.66. The lowest BCUT2D eigenvalue weighted by molar-refractivity contribution is -0.119. The van der Waals surface area contributed by atoms with Gasteiger partial charge >= 0.3 is 0 Å². The molecule has 0 aliphatic heterocycles. The molecule has 0 aromatic carbocycles. The standard InChI is InChI=1S/C24H36O4/c1-2-21(25)15-14-17-23(27)22(26)16-10-6-3-4-7-11-18-24(28)19-12-8-5-9-13-20-24/h3,6,10-11,16,18,22-23,26-28H,2,5,8-9,12-15,17,19-20H2,1H3/b6-3+,16-10+,18-11+/t22-,23+/m1/s1. The normalized spacial score (nSPS) is 19.9. The number of ketones is 1. The summed E-state index contributed by atoms with van der Waals surface area (Å²) in [5.41, 5.74) is -0.722. The van der Waals surface area contributed by atoms with Gasteiger partial charge in [0, 0.05) is 12.8 Å². The van der Waals surface area contributed by atoms with E-state index in [1.807, 2.05) is 13.0 Å². The van der Waals surface area contributed by atoms with Gasteiger partial charge in [-0.3, -0.25) is 4.79 Å². The lowest BCUT2D eigenvalue weighted by Gasteiger charge is -2.26. The van der Waals surface area contributed by atoms with Gasteiger partial charge < -0.3 is 15.3 Å². The van der Waals surface area contributed by atoms with Crippen LogP contribution in [0.3, 0.4) is 0 Å². The van der Waals surface area contributed by atoms with Crippen LogP contribution in [0.2, 0.25) is 0 Å². The van der Waals surface area contributed by atoms with Crippen molar-refractivity contribution in [2.75, 3.05) is 0 Å². The predicted molar refractivity (Wildman–Crippen MR) is 114 cm³/mol. The van der Waals surface area contributed by atoms with Crippen LogP contribution in [-0.2, 0) is 4.79 Å². The van der Waals surface area contributed by atoms with Gasteiger partial charge in [0.05, 0.1) is 17.8 Å². The van der Waals surface area contributed by atoms with Gasteiger partial charge in [-0.25, -0.2) is 0 Å². The van der Waals surface area contributed by atoms with Gasteiger partial charge in [-0.15, -0.1) is 0 Å². The maximum absolute atomic E-state index is 11.2. The van der Waals surface area contributed by atoms with E-state index in [4.69, 9.17) is 0 Å². The lowest BCUT2D eigenvalue weighted by atomic mass is 9.87. The molecule has 2 atom stereocenters. The highest BCUT2D eigenvalue weighted by molar-refractivity contribution is 5.77. The Labute approximate surface area is 170 Å². The van der Waals surface area contributed by atoms with Crippen LogP contribution in [0.25, 0.3) is 0 Å². The minimum atomic E-state index is -0.956. The van der Waals surface area contributed by atoms with Crippen molar-refractivity contribution in [1.82, 2.24) is 0 Å². The summed E-state index contributed by atoms with van der Waals surface area (Å²) in [5, 5.41) is 30.3. The van der Waals surface area contributed by atoms with Crippen LogP contribution in [-0.4, -0.2) is 38.9 Å². The highest BCUT2D eigenvalue weighted by Crippen LogP contribution is 2.27. The molecule has 1 aliphatic rings. The lowest BCUT2D eigenvalue weighted by Crippen LogP contribution is -2.26. The number of Topliss-reactive ketones (excluding diaryl/α,β-unsaturated/α-hetero) is 1. The van der Waals surface area contributed by atoms with Crippen molar-refractivity contribution in [2.24, 2.45) is 0 Å². The van der Waals surface area contributed by atoms with E-state index in [1.54, 1.807) is 24.3 Å². The van der Waals surface area contributed by atoms with Gasteiger partial charge in [0.25, 0.3) is 0 Å². The first-order valence-electron chi connectivity index (χ1n) is 10.6. The largest absolute Gasteiger partial charge is 0.390 e. The Morgan fingerprint density at radius 1 is 1.04 bits per heavy atom. The van der Waals surface area contributed by atoms with E-state index < -0.39 is 17.8 Å². The number of hydrogen-bond donors (Lipinski definition) is 3. The molecule has 0 spiro atoms. The smallest absolute Gasteiger partial charge is 0.132 e. The summed E-state index contributed by atoms with van der Waals surface area (Å²) in [5.74, 6) is 5.93. The Kier molecular flexibility index (Phi) is 12.5. The summed E-state index contributed by atoms with van der Waals surface area (Å²) in [4.78, 5) is 11.2. The van der Waals surface area contributed by atoms with E-state index in [-0.39, 0.29) is 5.78 Å². The quantitative estimate of drug-likeness (QED) is 0.412. The molecule has 4 nitrogen and oxygen atoms in total. The third-order valence-electron chi connectivity index (χ3n) is 5.12. The zero-order valence-electron chi connectivity index (χ0n) is 17.1. The second kappa shape index (κ2) is 14.3. The third-order valence-corrected chi connectivity index (χ3v) is 5.12. The highest BCUT2D eigenvalue weighted by atomic mass is 16.3. The summed E-state index contributed by atoms with van der Waals surface area (Å²) in [6.07, 6.45) is 17.5. The molecule has 4 heteroatoms. The van der Waals surface area contributed by atoms with Gasteiger partial charge in [-0.1, -0.05) is 69.1 Å². The Hall–Kier alpha value is -1.67. The summed E-state index contributed by atoms with van der Waals surface area (Å²) >= 11 is 0. The van der Waals surface area contributed by atoms with Gasteiger partial charge in [-0.05, 0) is 43.9 Å². The van der Waals surface area contributed by atoms with Crippen molar-refractivity contribution in [1.29, 1.82) is 0 Å². The number of carbonyl (C=O) groups excluding carboxylic acids is 1. The zero-order chi connectivity index (χ0) is 20.7. The average molecular weight is 389 g/mol. The summed E-state index contributed by atoms with van der Waals surface area (Å²) < 4.78 is 0. The van der Waals surface area contributed by atoms with Gasteiger partial charge in [0.2, 0.25) is 0 Å². The second-order valence-electron chi connectivity index (χ2n) is 7.58. The first-order valence-corrected chi connectivity index (χ1v) is 10.6. The minimum Gasteiger partial charge on any atom is -0.390 e. The number of carbonyl (C=O) groups is 1. The van der Waals surface area contributed by atoms with Crippen molar-refractivity contribution in [3.05, 3.63) is 36.5 Å². The fraction of sp³-hybridized carbons (Fsp3) is 0.625. The SMILES string of the molecule is CCC(=O)CCC[C@H](O)[C@H](O)/C=C/C=C/C#C/C=C/C1(O)CCCCCCC1. The molecule has 0 radical (unpaired) electrons. The van der Waals surface area contributed by atoms with Crippen LogP contribution in [0.5, 0.6) is 0 Å². The molecule has 3 N–H and O–H groups in total. The molecule has 0 unspecified atom stereocenters. The first kappa shape index (κ1) is 24.4. The van der Waals surface area contributed by atoms with Crippen molar-refractivity contribution in [2.45, 2.75) is 95.4 Å². The summed E-state index contributed by atoms with van der Waals surface area (Å²) in [6, 6.07) is 0. The van der Waals surface area contributed by atoms with E-state index in [1.165, 1.54) is 25.3 Å². The van der Waals surface area contributed by atoms with Crippen LogP contribution < -0.4 is 0 Å². The van der Waals surface area contributed by atoms with E-state index in [0.717, 1.165) is 25.7 Å². The number of hydrogen-bond acceptors (Lipinski definition) is 4. The van der Waals surface area contributed by atoms with E-state index in [0.29, 0.717) is 25.7 Å². The molecule has 0 heterocycles. The summed E-state index contributed by atoms with van der Waals surface area (Å²) in [7, 11) is 0. The maximum Gasteiger partial charge on any atom is 0.132 e. The molecule has 0 saturated heterocycles. The Morgan fingerprint density at radius 3 is 2.36 bits per heavy atom. The molecule has 156 valence electrons. The van der Waals surface area contributed by atoms with Crippen molar-refractivity contribution in [3.63, 3.8) is 0 Å². The first-order chi connectivity index (χ1) is 13.5. The number of rotatable bonds is 9. The molecule has 0 amide bonds. The van der Waals surface area contributed by atoms with E-state index in [9.17, 15) is 20.1 Å². The zero-order valence-corrected chi connectivity index (χ0v) is 17.1. The third kappa shape index (κ3) is 11.2. The number of aliphatic hydroxyl groups is 3. The fourth-order valence-corrected chi connectivity index (χ4v) is 3.24. The van der Waals surface area contributed by atoms with Gasteiger partial charge in [-0.2, -0.15) is 0 Å². The molecule has 0 aromatic rings. The topological polar surface area (TPSA) is 77.8 Å². The molecule has 1 fully saturated rings. The molecule has 0 aromatic heterocycles. The van der Waals surface area contributed by atoms with Crippen molar-refractivity contribution in [3.8, 4) is 11.8 Å². The van der Waals surface area contributed by atoms with E-state index >= 15 is 0 Å². The Balaban J connectivity index is 2.33. The molecular formula is C24H36O4. The molecule has 0 bridgehead atoms. The van der Waals surface area contributed by atoms with Crippen LogP contribution in [0.15, 0.2) is 36.5 Å². The van der Waals surface area contributed by atoms with Crippen molar-refractivity contribution >= 4 is 5.78 Å². The molecule has 28 heavy (non-hydrogen) atoms.